The van der Waals surface area contributed by atoms with E-state index in [2.05, 4.69) is 33.0 Å². The molecular weight excluding hydrogens is 512 g/mol. The Kier molecular flexibility index (Phi) is 9.62. The lowest BCUT2D eigenvalue weighted by Crippen LogP contribution is -2.17. The minimum Gasteiger partial charge on any atom is -0.494 e. The zero-order valence-corrected chi connectivity index (χ0v) is 20.8. The molecule has 1 N–H and O–H groups in total. The number of amides is 1. The van der Waals surface area contributed by atoms with Gasteiger partial charge in [-0.3, -0.25) is 4.79 Å². The summed E-state index contributed by atoms with van der Waals surface area (Å²) in [5, 5.41) is 4.01. The molecule has 0 unspecified atom stereocenters. The molecule has 0 saturated heterocycles. The third-order valence-corrected chi connectivity index (χ3v) is 5.08. The van der Waals surface area contributed by atoms with Crippen LogP contribution in [0, 0.1) is 0 Å². The molecule has 3 rings (SSSR count). The van der Waals surface area contributed by atoms with E-state index >= 15 is 0 Å². The Balaban J connectivity index is 1.65. The van der Waals surface area contributed by atoms with Crippen molar-refractivity contribution in [3.63, 3.8) is 0 Å². The Bertz CT molecular complexity index is 1190. The molecule has 0 aromatic heterocycles. The average molecular weight is 537 g/mol. The van der Waals surface area contributed by atoms with Crippen LogP contribution in [0.5, 0.6) is 17.2 Å². The number of halogens is 1. The largest absolute Gasteiger partial charge is 0.494 e. The van der Waals surface area contributed by atoms with Crippen LogP contribution in [0.15, 0.2) is 89.0 Å². The lowest BCUT2D eigenvalue weighted by Gasteiger charge is -2.09. The van der Waals surface area contributed by atoms with Gasteiger partial charge in [-0.25, -0.2) is 10.2 Å². The van der Waals surface area contributed by atoms with Gasteiger partial charge in [0.05, 0.1) is 18.4 Å². The zero-order chi connectivity index (χ0) is 25.0. The van der Waals surface area contributed by atoms with Crippen molar-refractivity contribution in [2.45, 2.75) is 13.3 Å². The molecule has 0 spiro atoms. The monoisotopic (exact) mass is 536 g/mol. The third kappa shape index (κ3) is 7.82. The minimum atomic E-state index is -0.521. The van der Waals surface area contributed by atoms with Gasteiger partial charge in [-0.15, -0.1) is 0 Å². The molecule has 7 nitrogen and oxygen atoms in total. The first-order valence-corrected chi connectivity index (χ1v) is 11.7. The number of hydrogen-bond acceptors (Lipinski definition) is 6. The van der Waals surface area contributed by atoms with Crippen molar-refractivity contribution in [1.82, 2.24) is 5.43 Å². The van der Waals surface area contributed by atoms with E-state index < -0.39 is 11.9 Å². The molecule has 35 heavy (non-hydrogen) atoms. The molecule has 0 saturated carbocycles. The summed E-state index contributed by atoms with van der Waals surface area (Å²) in [4.78, 5) is 25.0. The summed E-state index contributed by atoms with van der Waals surface area (Å²) < 4.78 is 17.3. The van der Waals surface area contributed by atoms with Gasteiger partial charge in [0.1, 0.15) is 23.9 Å². The van der Waals surface area contributed by atoms with Crippen LogP contribution >= 0.6 is 15.9 Å². The second kappa shape index (κ2) is 13.1. The molecule has 0 atom stereocenters. The Labute approximate surface area is 212 Å². The van der Waals surface area contributed by atoms with Crippen molar-refractivity contribution in [3.8, 4) is 17.2 Å². The molecule has 3 aromatic rings. The second-order valence-electron chi connectivity index (χ2n) is 7.27. The van der Waals surface area contributed by atoms with E-state index in [1.807, 2.05) is 6.92 Å². The Morgan fingerprint density at radius 1 is 0.971 bits per heavy atom. The first-order valence-electron chi connectivity index (χ1n) is 10.9. The lowest BCUT2D eigenvalue weighted by atomic mass is 10.2. The van der Waals surface area contributed by atoms with E-state index in [1.165, 1.54) is 6.21 Å². The summed E-state index contributed by atoms with van der Waals surface area (Å²) in [6, 6.07) is 18.5. The molecule has 0 heterocycles. The fraction of sp³-hybridized carbons (Fsp3) is 0.148. The van der Waals surface area contributed by atoms with E-state index in [9.17, 15) is 9.59 Å². The maximum Gasteiger partial charge on any atom is 0.343 e. The fourth-order valence-electron chi connectivity index (χ4n) is 2.86. The highest BCUT2D eigenvalue weighted by Gasteiger charge is 2.12. The number of hydrogen-bond donors (Lipinski definition) is 1. The van der Waals surface area contributed by atoms with Gasteiger partial charge in [-0.1, -0.05) is 35.5 Å². The van der Waals surface area contributed by atoms with Crippen LogP contribution in [0.25, 0.3) is 0 Å². The summed E-state index contributed by atoms with van der Waals surface area (Å²) in [5.74, 6) is 0.705. The molecule has 0 aliphatic heterocycles. The smallest absolute Gasteiger partial charge is 0.343 e. The highest BCUT2D eigenvalue weighted by molar-refractivity contribution is 9.10. The predicted molar refractivity (Wildman–Crippen MR) is 139 cm³/mol. The molecule has 0 fully saturated rings. The fourth-order valence-corrected chi connectivity index (χ4v) is 3.24. The van der Waals surface area contributed by atoms with E-state index in [4.69, 9.17) is 14.2 Å². The van der Waals surface area contributed by atoms with Crippen molar-refractivity contribution < 1.29 is 23.8 Å². The number of ether oxygens (including phenoxy) is 3. The first-order chi connectivity index (χ1) is 17.0. The molecule has 0 radical (unpaired) electrons. The van der Waals surface area contributed by atoms with Crippen LogP contribution in [0.1, 0.15) is 39.6 Å². The summed E-state index contributed by atoms with van der Waals surface area (Å²) in [7, 11) is 0. The number of benzene rings is 3. The summed E-state index contributed by atoms with van der Waals surface area (Å²) in [6.07, 6.45) is 3.95. The molecule has 0 aliphatic rings. The molecule has 0 bridgehead atoms. The van der Waals surface area contributed by atoms with Crippen molar-refractivity contribution >= 4 is 34.0 Å². The van der Waals surface area contributed by atoms with Crippen molar-refractivity contribution in [3.05, 3.63) is 101 Å². The van der Waals surface area contributed by atoms with Gasteiger partial charge >= 0.3 is 5.97 Å². The van der Waals surface area contributed by atoms with Crippen molar-refractivity contribution in [2.75, 3.05) is 13.2 Å². The summed E-state index contributed by atoms with van der Waals surface area (Å²) >= 11 is 3.40. The van der Waals surface area contributed by atoms with E-state index in [-0.39, 0.29) is 0 Å². The Hall–Kier alpha value is -3.91. The third-order valence-electron chi connectivity index (χ3n) is 4.59. The number of rotatable bonds is 11. The molecule has 3 aromatic carbocycles. The van der Waals surface area contributed by atoms with E-state index in [1.54, 1.807) is 72.8 Å². The average Bonchev–Trinajstić information content (AvgIpc) is 2.88. The molecule has 1 amide bonds. The molecule has 180 valence electrons. The SMILES string of the molecule is C=CCOc1ccc(C(=O)N/N=C/c2cc(Br)ccc2OC(=O)c2ccc(OCCC)cc2)cc1. The van der Waals surface area contributed by atoms with E-state index in [0.717, 1.165) is 10.9 Å². The van der Waals surface area contributed by atoms with Crippen LogP contribution in [0.2, 0.25) is 0 Å². The van der Waals surface area contributed by atoms with Crippen molar-refractivity contribution in [1.29, 1.82) is 0 Å². The van der Waals surface area contributed by atoms with Crippen molar-refractivity contribution in [2.24, 2.45) is 5.10 Å². The molecular formula is C27H25BrN2O5. The van der Waals surface area contributed by atoms with Crippen LogP contribution in [0.3, 0.4) is 0 Å². The standard InChI is InChI=1S/C27H25BrN2O5/c1-3-15-33-23-10-5-19(6-11-23)26(31)30-29-18-21-17-22(28)9-14-25(21)35-27(32)20-7-12-24(13-8-20)34-16-4-2/h3,5-14,17-18H,1,4,15-16H2,2H3,(H,30,31)/b29-18+. The Morgan fingerprint density at radius 3 is 2.29 bits per heavy atom. The number of nitrogens with one attached hydrogen (secondary N) is 1. The van der Waals surface area contributed by atoms with Gasteiger partial charge in [0.25, 0.3) is 5.91 Å². The van der Waals surface area contributed by atoms with Gasteiger partial charge in [0, 0.05) is 15.6 Å². The van der Waals surface area contributed by atoms with E-state index in [0.29, 0.717) is 47.2 Å². The van der Waals surface area contributed by atoms with Crippen LogP contribution < -0.4 is 19.6 Å². The maximum atomic E-state index is 12.6. The highest BCUT2D eigenvalue weighted by atomic mass is 79.9. The number of hydrazone groups is 1. The zero-order valence-electron chi connectivity index (χ0n) is 19.2. The van der Waals surface area contributed by atoms with Gasteiger partial charge in [-0.05, 0) is 73.2 Å². The topological polar surface area (TPSA) is 86.2 Å². The Morgan fingerprint density at radius 2 is 1.63 bits per heavy atom. The summed E-state index contributed by atoms with van der Waals surface area (Å²) in [6.45, 7) is 6.61. The van der Waals surface area contributed by atoms with Crippen LogP contribution in [-0.2, 0) is 0 Å². The molecule has 8 heteroatoms. The minimum absolute atomic E-state index is 0.297. The van der Waals surface area contributed by atoms with Gasteiger partial charge in [-0.2, -0.15) is 5.10 Å². The first kappa shape index (κ1) is 25.7. The normalized spacial score (nSPS) is 10.6. The predicted octanol–water partition coefficient (Wildman–Crippen LogP) is 5.79. The van der Waals surface area contributed by atoms with Gasteiger partial charge in [0.15, 0.2) is 0 Å². The number of nitrogens with zero attached hydrogens (tertiary/aromatic N) is 1. The lowest BCUT2D eigenvalue weighted by molar-refractivity contribution is 0.0734. The van der Waals surface area contributed by atoms with Crippen LogP contribution in [0.4, 0.5) is 0 Å². The number of carbonyl (C=O) groups is 2. The number of esters is 1. The molecule has 0 aliphatic carbocycles. The quantitative estimate of drug-likeness (QED) is 0.110. The van der Waals surface area contributed by atoms with Gasteiger partial charge in [0.2, 0.25) is 0 Å². The highest BCUT2D eigenvalue weighted by Crippen LogP contribution is 2.23. The van der Waals surface area contributed by atoms with Crippen LogP contribution in [-0.4, -0.2) is 31.3 Å². The summed E-state index contributed by atoms with van der Waals surface area (Å²) in [5.41, 5.74) is 3.77. The van der Waals surface area contributed by atoms with Gasteiger partial charge < -0.3 is 14.2 Å². The maximum absolute atomic E-state index is 12.6. The second-order valence-corrected chi connectivity index (χ2v) is 8.18. The number of carbonyl (C=O) groups excluding carboxylic acids is 2.